The van der Waals surface area contributed by atoms with Gasteiger partial charge in [0.05, 0.1) is 6.10 Å². The van der Waals surface area contributed by atoms with E-state index in [0.29, 0.717) is 5.56 Å². The Hall–Kier alpha value is -1.93. The lowest BCUT2D eigenvalue weighted by Crippen LogP contribution is -2.34. The molecule has 1 aromatic heterocycles. The number of nitrogens with zero attached hydrogens (tertiary/aromatic N) is 2. The molecule has 2 unspecified atom stereocenters. The van der Waals surface area contributed by atoms with E-state index in [1.807, 2.05) is 0 Å². The van der Waals surface area contributed by atoms with Gasteiger partial charge in [-0.25, -0.2) is 14.8 Å². The number of nitrogens with two attached hydrogens (primary N) is 1. The number of ether oxygens (including phenoxy) is 1. The van der Waals surface area contributed by atoms with Crippen LogP contribution in [0, 0.1) is 0 Å². The standard InChI is InChI=1S/C13H22N4O4/c1-13(2,3)21-12(20)15-5-4-9(18)10(19)8-6-16-11(14)17-7-8/h6-7,9-10,18-19H,4-5H2,1-3H3,(H,15,20)(H2,14,16,17). The van der Waals surface area contributed by atoms with Gasteiger partial charge in [0.25, 0.3) is 0 Å². The lowest BCUT2D eigenvalue weighted by atomic mass is 10.1. The number of hydrogen-bond donors (Lipinski definition) is 4. The highest BCUT2D eigenvalue weighted by Gasteiger charge is 2.20. The fourth-order valence-corrected chi connectivity index (χ4v) is 1.52. The van der Waals surface area contributed by atoms with Crippen molar-refractivity contribution in [2.24, 2.45) is 0 Å². The second-order valence-electron chi connectivity index (χ2n) is 5.60. The number of aliphatic hydroxyl groups excluding tert-OH is 2. The average Bonchev–Trinajstić information content (AvgIpc) is 2.36. The highest BCUT2D eigenvalue weighted by molar-refractivity contribution is 5.67. The maximum Gasteiger partial charge on any atom is 0.407 e. The summed E-state index contributed by atoms with van der Waals surface area (Å²) in [4.78, 5) is 18.9. The summed E-state index contributed by atoms with van der Waals surface area (Å²) in [7, 11) is 0. The van der Waals surface area contributed by atoms with Gasteiger partial charge in [0.1, 0.15) is 11.7 Å². The Labute approximate surface area is 123 Å². The molecule has 0 saturated heterocycles. The maximum atomic E-state index is 11.4. The summed E-state index contributed by atoms with van der Waals surface area (Å²) >= 11 is 0. The Morgan fingerprint density at radius 1 is 1.38 bits per heavy atom. The summed E-state index contributed by atoms with van der Waals surface area (Å²) in [5.41, 5.74) is 5.11. The summed E-state index contributed by atoms with van der Waals surface area (Å²) in [6.45, 7) is 5.44. The lowest BCUT2D eigenvalue weighted by molar-refractivity contribution is 0.0119. The molecule has 0 saturated carbocycles. The van der Waals surface area contributed by atoms with Crippen LogP contribution in [-0.2, 0) is 4.74 Å². The summed E-state index contributed by atoms with van der Waals surface area (Å²) in [6, 6.07) is 0. The predicted octanol–water partition coefficient (Wildman–Crippen LogP) is 0.368. The molecule has 0 spiro atoms. The monoisotopic (exact) mass is 298 g/mol. The third-order valence-corrected chi connectivity index (χ3v) is 2.51. The second-order valence-corrected chi connectivity index (χ2v) is 5.60. The maximum absolute atomic E-state index is 11.4. The minimum Gasteiger partial charge on any atom is -0.444 e. The Morgan fingerprint density at radius 3 is 2.48 bits per heavy atom. The first-order valence-corrected chi connectivity index (χ1v) is 6.59. The normalized spacial score (nSPS) is 14.3. The quantitative estimate of drug-likeness (QED) is 0.617. The van der Waals surface area contributed by atoms with E-state index in [-0.39, 0.29) is 18.9 Å². The lowest BCUT2D eigenvalue weighted by Gasteiger charge is -2.21. The van der Waals surface area contributed by atoms with Gasteiger partial charge in [-0.15, -0.1) is 0 Å². The van der Waals surface area contributed by atoms with E-state index >= 15 is 0 Å². The van der Waals surface area contributed by atoms with Gasteiger partial charge in [-0.05, 0) is 27.2 Å². The van der Waals surface area contributed by atoms with Gasteiger partial charge in [0.15, 0.2) is 0 Å². The van der Waals surface area contributed by atoms with Crippen molar-refractivity contribution in [3.63, 3.8) is 0 Å². The van der Waals surface area contributed by atoms with Crippen molar-refractivity contribution < 1.29 is 19.7 Å². The second kappa shape index (κ2) is 7.19. The number of carbonyl (C=O) groups is 1. The Balaban J connectivity index is 2.38. The molecule has 0 radical (unpaired) electrons. The minimum absolute atomic E-state index is 0.0898. The van der Waals surface area contributed by atoms with Crippen LogP contribution in [0.2, 0.25) is 0 Å². The number of aromatic nitrogens is 2. The number of nitrogen functional groups attached to an aromatic ring is 1. The number of nitrogens with one attached hydrogen (secondary N) is 1. The van der Waals surface area contributed by atoms with Gasteiger partial charge < -0.3 is 26.0 Å². The van der Waals surface area contributed by atoms with Gasteiger partial charge in [-0.1, -0.05) is 0 Å². The van der Waals surface area contributed by atoms with Gasteiger partial charge in [-0.3, -0.25) is 0 Å². The van der Waals surface area contributed by atoms with E-state index in [1.165, 1.54) is 12.4 Å². The molecule has 8 nitrogen and oxygen atoms in total. The number of carbonyl (C=O) groups excluding carboxylic acids is 1. The third-order valence-electron chi connectivity index (χ3n) is 2.51. The Morgan fingerprint density at radius 2 is 1.95 bits per heavy atom. The molecule has 1 amide bonds. The molecule has 0 aliphatic rings. The number of anilines is 1. The van der Waals surface area contributed by atoms with Gasteiger partial charge in [0, 0.05) is 24.5 Å². The molecule has 118 valence electrons. The van der Waals surface area contributed by atoms with Gasteiger partial charge in [0.2, 0.25) is 5.95 Å². The van der Waals surface area contributed by atoms with Crippen molar-refractivity contribution in [1.82, 2.24) is 15.3 Å². The van der Waals surface area contributed by atoms with Crippen LogP contribution in [0.1, 0.15) is 38.9 Å². The van der Waals surface area contributed by atoms with Crippen LogP contribution in [0.25, 0.3) is 0 Å². The first-order chi connectivity index (χ1) is 9.69. The molecule has 21 heavy (non-hydrogen) atoms. The molecule has 0 aromatic carbocycles. The van der Waals surface area contributed by atoms with E-state index in [9.17, 15) is 15.0 Å². The van der Waals surface area contributed by atoms with Crippen molar-refractivity contribution in [3.05, 3.63) is 18.0 Å². The summed E-state index contributed by atoms with van der Waals surface area (Å²) in [5, 5.41) is 22.3. The smallest absolute Gasteiger partial charge is 0.407 e. The summed E-state index contributed by atoms with van der Waals surface area (Å²) < 4.78 is 5.05. The average molecular weight is 298 g/mol. The molecule has 1 aromatic rings. The first-order valence-electron chi connectivity index (χ1n) is 6.59. The number of amides is 1. The molecular formula is C13H22N4O4. The van der Waals surface area contributed by atoms with Crippen LogP contribution >= 0.6 is 0 Å². The molecule has 5 N–H and O–H groups in total. The fraction of sp³-hybridized carbons (Fsp3) is 0.615. The van der Waals surface area contributed by atoms with E-state index < -0.39 is 23.9 Å². The molecule has 2 atom stereocenters. The summed E-state index contributed by atoms with van der Waals surface area (Å²) in [6.07, 6.45) is 0.0676. The largest absolute Gasteiger partial charge is 0.444 e. The van der Waals surface area contributed by atoms with Crippen LogP contribution in [0.3, 0.4) is 0 Å². The molecule has 8 heteroatoms. The number of hydrogen-bond acceptors (Lipinski definition) is 7. The Bertz CT molecular complexity index is 458. The van der Waals surface area contributed by atoms with Gasteiger partial charge >= 0.3 is 6.09 Å². The van der Waals surface area contributed by atoms with E-state index in [1.54, 1.807) is 20.8 Å². The van der Waals surface area contributed by atoms with Crippen LogP contribution in [-0.4, -0.2) is 44.5 Å². The zero-order chi connectivity index (χ0) is 16.0. The van der Waals surface area contributed by atoms with E-state index in [2.05, 4.69) is 15.3 Å². The van der Waals surface area contributed by atoms with E-state index in [4.69, 9.17) is 10.5 Å². The highest BCUT2D eigenvalue weighted by Crippen LogP contribution is 2.17. The molecule has 0 bridgehead atoms. The number of alkyl carbamates (subject to hydrolysis) is 1. The zero-order valence-electron chi connectivity index (χ0n) is 12.4. The predicted molar refractivity (Wildman–Crippen MR) is 76.3 cm³/mol. The number of rotatable bonds is 5. The van der Waals surface area contributed by atoms with Crippen molar-refractivity contribution in [3.8, 4) is 0 Å². The topological polar surface area (TPSA) is 131 Å². The molecule has 1 heterocycles. The van der Waals surface area contributed by atoms with Crippen molar-refractivity contribution >= 4 is 12.0 Å². The van der Waals surface area contributed by atoms with Gasteiger partial charge in [-0.2, -0.15) is 0 Å². The molecule has 0 aliphatic carbocycles. The van der Waals surface area contributed by atoms with Crippen LogP contribution in [0.5, 0.6) is 0 Å². The molecule has 1 rings (SSSR count). The third kappa shape index (κ3) is 6.37. The van der Waals surface area contributed by atoms with Crippen LogP contribution in [0.4, 0.5) is 10.7 Å². The van der Waals surface area contributed by atoms with Crippen molar-refractivity contribution in [1.29, 1.82) is 0 Å². The fourth-order valence-electron chi connectivity index (χ4n) is 1.52. The van der Waals surface area contributed by atoms with Crippen LogP contribution < -0.4 is 11.1 Å². The molecule has 0 aliphatic heterocycles. The first kappa shape index (κ1) is 17.1. The SMILES string of the molecule is CC(C)(C)OC(=O)NCCC(O)C(O)c1cnc(N)nc1. The minimum atomic E-state index is -1.15. The van der Waals surface area contributed by atoms with Crippen LogP contribution in [0.15, 0.2) is 12.4 Å². The van der Waals surface area contributed by atoms with Crippen molar-refractivity contribution in [2.45, 2.75) is 45.0 Å². The molecule has 0 fully saturated rings. The van der Waals surface area contributed by atoms with Crippen molar-refractivity contribution in [2.75, 3.05) is 12.3 Å². The summed E-state index contributed by atoms with van der Waals surface area (Å²) in [5.74, 6) is 0.0898. The highest BCUT2D eigenvalue weighted by atomic mass is 16.6. The number of aliphatic hydroxyl groups is 2. The Kier molecular flexibility index (Phi) is 5.86. The zero-order valence-corrected chi connectivity index (χ0v) is 12.4. The van der Waals surface area contributed by atoms with E-state index in [0.717, 1.165) is 0 Å². The molecular weight excluding hydrogens is 276 g/mol.